The summed E-state index contributed by atoms with van der Waals surface area (Å²) in [7, 11) is -6.02. The van der Waals surface area contributed by atoms with Gasteiger partial charge < -0.3 is 0 Å². The molecule has 0 amide bonds. The Balaban J connectivity index is 1.71. The molecule has 2 aromatic heterocycles. The second-order valence-corrected chi connectivity index (χ2v) is 30.8. The van der Waals surface area contributed by atoms with E-state index in [1.54, 1.807) is 0 Å². The summed E-state index contributed by atoms with van der Waals surface area (Å²) in [6.07, 6.45) is 0. The number of hydrogen-bond acceptors (Lipinski definition) is 2. The first kappa shape index (κ1) is 34.7. The van der Waals surface area contributed by atoms with Gasteiger partial charge in [0.2, 0.25) is 0 Å². The average molecular weight is 713 g/mol. The van der Waals surface area contributed by atoms with E-state index in [0.717, 1.165) is 23.5 Å². The molecule has 0 aliphatic carbocycles. The van der Waals surface area contributed by atoms with Gasteiger partial charge in [-0.15, -0.1) is 0 Å². The van der Waals surface area contributed by atoms with Gasteiger partial charge in [0, 0.05) is 11.4 Å². The Morgan fingerprint density at radius 3 is 1.06 bits per heavy atom. The molecule has 2 nitrogen and oxygen atoms in total. The van der Waals surface area contributed by atoms with Gasteiger partial charge in [-0.3, -0.25) is 9.97 Å². The lowest BCUT2D eigenvalue weighted by molar-refractivity contribution is 1.12. The first-order chi connectivity index (χ1) is 24.5. The topological polar surface area (TPSA) is 25.8 Å². The van der Waals surface area contributed by atoms with E-state index < -0.39 is 24.2 Å². The number of aromatic nitrogens is 2. The molecule has 254 valence electrons. The molecular formula is C46H48N2Si3. The van der Waals surface area contributed by atoms with Crippen LogP contribution in [0.3, 0.4) is 0 Å². The van der Waals surface area contributed by atoms with Crippen molar-refractivity contribution in [3.63, 3.8) is 0 Å². The monoisotopic (exact) mass is 712 g/mol. The zero-order valence-corrected chi connectivity index (χ0v) is 33.8. The van der Waals surface area contributed by atoms with Crippen LogP contribution in [0.2, 0.25) is 39.3 Å². The Labute approximate surface area is 307 Å². The zero-order valence-electron chi connectivity index (χ0n) is 30.8. The van der Waals surface area contributed by atoms with Crippen LogP contribution in [0, 0.1) is 0 Å². The lowest BCUT2D eigenvalue weighted by Crippen LogP contribution is -2.60. The van der Waals surface area contributed by atoms with Crippen LogP contribution >= 0.6 is 0 Å². The third kappa shape index (κ3) is 7.11. The van der Waals surface area contributed by atoms with E-state index in [-0.39, 0.29) is 0 Å². The molecule has 5 heteroatoms. The van der Waals surface area contributed by atoms with Crippen LogP contribution in [-0.4, -0.2) is 34.2 Å². The molecule has 7 rings (SSSR count). The fourth-order valence-electron chi connectivity index (χ4n) is 7.82. The highest BCUT2D eigenvalue weighted by atomic mass is 28.3. The summed E-state index contributed by atoms with van der Waals surface area (Å²) in [6.45, 7) is 14.6. The van der Waals surface area contributed by atoms with Crippen molar-refractivity contribution in [2.75, 3.05) is 0 Å². The average Bonchev–Trinajstić information content (AvgIpc) is 3.45. The number of nitrogens with zero attached hydrogens (tertiary/aromatic N) is 2. The Morgan fingerprint density at radius 2 is 0.725 bits per heavy atom. The standard InChI is InChI=1S/C46H48N2Si3/c1-49(2,3)33-37-25-19-31-41(47-37)45-43(35-21-11-7-12-22-35)44(36-23-13-8-14-24-36)46(42-32-20-26-38(48-42)34-50(4,5)6)51(45,39-27-15-9-16-28-39)40-29-17-10-18-30-40/h7-32H,33-34H2,1-6H3. The van der Waals surface area contributed by atoms with Crippen molar-refractivity contribution in [2.45, 2.75) is 51.4 Å². The Kier molecular flexibility index (Phi) is 9.64. The molecular weight excluding hydrogens is 665 g/mol. The molecule has 4 aromatic carbocycles. The van der Waals surface area contributed by atoms with Crippen molar-refractivity contribution in [1.29, 1.82) is 0 Å². The Hall–Kier alpha value is -4.69. The first-order valence-electron chi connectivity index (χ1n) is 18.2. The second-order valence-electron chi connectivity index (χ2n) is 16.2. The van der Waals surface area contributed by atoms with Gasteiger partial charge in [0.05, 0.1) is 27.5 Å². The first-order valence-corrected chi connectivity index (χ1v) is 27.6. The molecule has 0 radical (unpaired) electrons. The third-order valence-electron chi connectivity index (χ3n) is 9.59. The molecule has 0 atom stereocenters. The van der Waals surface area contributed by atoms with Crippen molar-refractivity contribution < 1.29 is 0 Å². The zero-order chi connectivity index (χ0) is 35.6. The maximum Gasteiger partial charge on any atom is 0.185 e. The van der Waals surface area contributed by atoms with Crippen LogP contribution in [0.5, 0.6) is 0 Å². The lowest BCUT2D eigenvalue weighted by Gasteiger charge is -2.35. The van der Waals surface area contributed by atoms with Crippen molar-refractivity contribution in [3.8, 4) is 0 Å². The maximum absolute atomic E-state index is 5.65. The molecule has 0 saturated heterocycles. The number of hydrogen-bond donors (Lipinski definition) is 0. The number of rotatable bonds is 10. The Morgan fingerprint density at radius 1 is 0.392 bits per heavy atom. The number of benzene rings is 4. The highest BCUT2D eigenvalue weighted by Crippen LogP contribution is 2.54. The van der Waals surface area contributed by atoms with Crippen LogP contribution in [-0.2, 0) is 12.1 Å². The fourth-order valence-corrected chi connectivity index (χ4v) is 15.8. The van der Waals surface area contributed by atoms with Crippen molar-refractivity contribution in [2.24, 2.45) is 0 Å². The van der Waals surface area contributed by atoms with Crippen LogP contribution in [0.25, 0.3) is 21.5 Å². The highest BCUT2D eigenvalue weighted by Gasteiger charge is 2.54. The summed E-state index contributed by atoms with van der Waals surface area (Å²) in [4.78, 5) is 11.3. The minimum absolute atomic E-state index is 1.03. The van der Waals surface area contributed by atoms with Crippen molar-refractivity contribution in [3.05, 3.63) is 192 Å². The number of pyridine rings is 2. The number of allylic oxidation sites excluding steroid dienone is 2. The summed E-state index contributed by atoms with van der Waals surface area (Å²) >= 11 is 0. The quantitative estimate of drug-likeness (QED) is 0.132. The van der Waals surface area contributed by atoms with E-state index in [1.165, 1.54) is 54.4 Å². The summed E-state index contributed by atoms with van der Waals surface area (Å²) in [5.74, 6) is 0. The van der Waals surface area contributed by atoms with Crippen LogP contribution in [0.1, 0.15) is 33.9 Å². The normalized spacial score (nSPS) is 14.6. The predicted octanol–water partition coefficient (Wildman–Crippen LogP) is 10.2. The van der Waals surface area contributed by atoms with E-state index in [9.17, 15) is 0 Å². The van der Waals surface area contributed by atoms with Crippen LogP contribution in [0.15, 0.2) is 158 Å². The summed E-state index contributed by atoms with van der Waals surface area (Å²) in [5.41, 5.74) is 9.47. The van der Waals surface area contributed by atoms with Gasteiger partial charge in [-0.25, -0.2) is 0 Å². The van der Waals surface area contributed by atoms with E-state index in [1.807, 2.05) is 0 Å². The molecule has 0 bridgehead atoms. The lowest BCUT2D eigenvalue weighted by atomic mass is 9.90. The molecule has 0 saturated carbocycles. The fraction of sp³-hybridized carbons (Fsp3) is 0.174. The van der Waals surface area contributed by atoms with Crippen LogP contribution in [0.4, 0.5) is 0 Å². The van der Waals surface area contributed by atoms with Gasteiger partial charge in [0.25, 0.3) is 0 Å². The molecule has 6 aromatic rings. The van der Waals surface area contributed by atoms with E-state index in [2.05, 4.69) is 197 Å². The SMILES string of the molecule is C[Si](C)(C)Cc1cccc(C2=C(c3ccccc3)C(c3ccccc3)=C(c3cccc(C[Si](C)(C)C)n3)[Si]2(c2ccccc2)c2ccccc2)n1. The predicted molar refractivity (Wildman–Crippen MR) is 227 cm³/mol. The van der Waals surface area contributed by atoms with Gasteiger partial charge in [0.15, 0.2) is 8.07 Å². The summed E-state index contributed by atoms with van der Waals surface area (Å²) < 4.78 is 0. The van der Waals surface area contributed by atoms with E-state index in [0.29, 0.717) is 0 Å². The molecule has 0 spiro atoms. The molecule has 51 heavy (non-hydrogen) atoms. The van der Waals surface area contributed by atoms with Crippen molar-refractivity contribution in [1.82, 2.24) is 9.97 Å². The van der Waals surface area contributed by atoms with E-state index >= 15 is 0 Å². The van der Waals surface area contributed by atoms with Gasteiger partial charge in [-0.1, -0.05) is 173 Å². The molecule has 1 aliphatic heterocycles. The molecule has 0 unspecified atom stereocenters. The van der Waals surface area contributed by atoms with Crippen LogP contribution < -0.4 is 10.4 Å². The minimum Gasteiger partial charge on any atom is -0.254 e. The maximum atomic E-state index is 5.65. The van der Waals surface area contributed by atoms with Crippen molar-refractivity contribution >= 4 is 56.1 Å². The highest BCUT2D eigenvalue weighted by molar-refractivity contribution is 7.29. The molecule has 1 aliphatic rings. The molecule has 0 fully saturated rings. The smallest absolute Gasteiger partial charge is 0.185 e. The molecule has 0 N–H and O–H groups in total. The second kappa shape index (κ2) is 14.1. The van der Waals surface area contributed by atoms with Gasteiger partial charge in [0.1, 0.15) is 0 Å². The minimum atomic E-state index is -3.12. The Bertz CT molecular complexity index is 2040. The summed E-state index contributed by atoms with van der Waals surface area (Å²) in [6, 6.07) is 60.3. The largest absolute Gasteiger partial charge is 0.254 e. The van der Waals surface area contributed by atoms with Gasteiger partial charge in [-0.2, -0.15) is 0 Å². The van der Waals surface area contributed by atoms with Gasteiger partial charge in [-0.05, 0) is 79.4 Å². The molecule has 3 heterocycles. The van der Waals surface area contributed by atoms with Gasteiger partial charge >= 0.3 is 0 Å². The summed E-state index contributed by atoms with van der Waals surface area (Å²) in [5, 5.41) is 5.37. The van der Waals surface area contributed by atoms with E-state index in [4.69, 9.17) is 9.97 Å². The third-order valence-corrected chi connectivity index (χ3v) is 17.3.